The van der Waals surface area contributed by atoms with Crippen molar-refractivity contribution in [2.75, 3.05) is 32.1 Å². The summed E-state index contributed by atoms with van der Waals surface area (Å²) in [4.78, 5) is 22.9. The molecule has 1 saturated heterocycles. The molecule has 1 aromatic carbocycles. The first-order valence-electron chi connectivity index (χ1n) is 12.0. The van der Waals surface area contributed by atoms with Crippen molar-refractivity contribution in [2.45, 2.75) is 67.6 Å². The Bertz CT molecular complexity index is 936. The fourth-order valence-corrected chi connectivity index (χ4v) is 3.69. The number of ether oxygens (including phenoxy) is 3. The van der Waals surface area contributed by atoms with E-state index in [1.54, 1.807) is 0 Å². The summed E-state index contributed by atoms with van der Waals surface area (Å²) < 4.78 is 15.6. The van der Waals surface area contributed by atoms with E-state index in [0.29, 0.717) is 17.6 Å². The van der Waals surface area contributed by atoms with Crippen molar-refractivity contribution in [3.8, 4) is 5.75 Å². The third kappa shape index (κ3) is 8.26. The molecule has 1 aliphatic heterocycles. The molecule has 0 radical (unpaired) electrons. The average molecular weight is 565 g/mol. The predicted molar refractivity (Wildman–Crippen MR) is 129 cm³/mol. The Morgan fingerprint density at radius 2 is 1.85 bits per heavy atom. The SMILES string of the molecule is Nc1cc(OCCCC(=O)NCC(O)[C@@H](O)[C@](O)(O[C@@H]2OC(CO)[C@H](O)[C@H](O)C2O)C(O)CO)ccc1C=O. The lowest BCUT2D eigenvalue weighted by molar-refractivity contribution is -0.402. The number of hydrogen-bond acceptors (Lipinski definition) is 15. The van der Waals surface area contributed by atoms with Crippen LogP contribution in [-0.2, 0) is 14.3 Å². The van der Waals surface area contributed by atoms with E-state index >= 15 is 0 Å². The van der Waals surface area contributed by atoms with Gasteiger partial charge in [-0.05, 0) is 18.6 Å². The molecule has 222 valence electrons. The van der Waals surface area contributed by atoms with Crippen LogP contribution in [0.25, 0.3) is 0 Å². The number of benzene rings is 1. The van der Waals surface area contributed by atoms with Gasteiger partial charge in [0.25, 0.3) is 0 Å². The molecule has 39 heavy (non-hydrogen) atoms. The smallest absolute Gasteiger partial charge is 0.226 e. The van der Waals surface area contributed by atoms with Crippen LogP contribution in [0, 0.1) is 0 Å². The Hall–Kier alpha value is -2.48. The molecule has 0 bridgehead atoms. The highest BCUT2D eigenvalue weighted by atomic mass is 16.8. The molecular formula is C23H36N2O14. The maximum atomic E-state index is 12.1. The number of amides is 1. The molecule has 0 aliphatic carbocycles. The number of nitrogen functional groups attached to an aromatic ring is 1. The third-order valence-corrected chi connectivity index (χ3v) is 6.10. The molecule has 12 N–H and O–H groups in total. The first-order chi connectivity index (χ1) is 18.4. The second-order valence-corrected chi connectivity index (χ2v) is 8.94. The Kier molecular flexibility index (Phi) is 12.4. The second-order valence-electron chi connectivity index (χ2n) is 8.94. The number of aliphatic hydroxyl groups excluding tert-OH is 8. The Morgan fingerprint density at radius 3 is 2.44 bits per heavy atom. The van der Waals surface area contributed by atoms with Crippen LogP contribution >= 0.6 is 0 Å². The topological polar surface area (TPSA) is 282 Å². The lowest BCUT2D eigenvalue weighted by Crippen LogP contribution is -2.66. The Labute approximate surface area is 222 Å². The highest BCUT2D eigenvalue weighted by molar-refractivity contribution is 5.83. The normalized spacial score (nSPS) is 27.2. The Balaban J connectivity index is 1.90. The highest BCUT2D eigenvalue weighted by Gasteiger charge is 2.53. The van der Waals surface area contributed by atoms with Gasteiger partial charge in [-0.1, -0.05) is 0 Å². The van der Waals surface area contributed by atoms with E-state index < -0.39 is 80.5 Å². The zero-order valence-corrected chi connectivity index (χ0v) is 20.8. The monoisotopic (exact) mass is 564 g/mol. The van der Waals surface area contributed by atoms with E-state index in [1.165, 1.54) is 18.2 Å². The van der Waals surface area contributed by atoms with Crippen LogP contribution in [0.5, 0.6) is 5.75 Å². The van der Waals surface area contributed by atoms with Crippen LogP contribution < -0.4 is 15.8 Å². The first-order valence-corrected chi connectivity index (χ1v) is 12.0. The summed E-state index contributed by atoms with van der Waals surface area (Å²) in [6.45, 7) is -2.58. The fraction of sp³-hybridized carbons (Fsp3) is 0.652. The van der Waals surface area contributed by atoms with Gasteiger partial charge in [0.05, 0.1) is 19.8 Å². The summed E-state index contributed by atoms with van der Waals surface area (Å²) in [5, 5.41) is 92.5. The van der Waals surface area contributed by atoms with Gasteiger partial charge in [0.15, 0.2) is 12.6 Å². The molecule has 1 fully saturated rings. The van der Waals surface area contributed by atoms with Crippen molar-refractivity contribution in [2.24, 2.45) is 0 Å². The molecule has 0 spiro atoms. The summed E-state index contributed by atoms with van der Waals surface area (Å²) in [5.74, 6) is -3.40. The molecule has 1 heterocycles. The Morgan fingerprint density at radius 1 is 1.15 bits per heavy atom. The number of anilines is 1. The van der Waals surface area contributed by atoms with Gasteiger partial charge in [0, 0.05) is 30.3 Å². The predicted octanol–water partition coefficient (Wildman–Crippen LogP) is -5.06. The first kappa shape index (κ1) is 32.7. The summed E-state index contributed by atoms with van der Waals surface area (Å²) in [5.41, 5.74) is 6.23. The van der Waals surface area contributed by atoms with E-state index in [9.17, 15) is 55.5 Å². The lowest BCUT2D eigenvalue weighted by Gasteiger charge is -2.45. The summed E-state index contributed by atoms with van der Waals surface area (Å²) >= 11 is 0. The van der Waals surface area contributed by atoms with E-state index in [1.807, 2.05) is 0 Å². The molecule has 0 aromatic heterocycles. The molecule has 0 saturated carbocycles. The summed E-state index contributed by atoms with van der Waals surface area (Å²) in [6, 6.07) is 4.47. The number of hydrogen-bond donors (Lipinski definition) is 11. The minimum Gasteiger partial charge on any atom is -0.494 e. The van der Waals surface area contributed by atoms with Gasteiger partial charge >= 0.3 is 0 Å². The van der Waals surface area contributed by atoms with E-state index in [-0.39, 0.29) is 25.1 Å². The average Bonchev–Trinajstić information content (AvgIpc) is 2.93. The number of nitrogens with one attached hydrogen (secondary N) is 1. The molecule has 1 aliphatic rings. The van der Waals surface area contributed by atoms with E-state index in [0.717, 1.165) is 0 Å². The molecule has 4 unspecified atom stereocenters. The molecule has 1 aromatic rings. The second kappa shape index (κ2) is 14.8. The molecule has 9 atom stereocenters. The maximum Gasteiger partial charge on any atom is 0.226 e. The van der Waals surface area contributed by atoms with Crippen molar-refractivity contribution in [3.63, 3.8) is 0 Å². The zero-order chi connectivity index (χ0) is 29.3. The zero-order valence-electron chi connectivity index (χ0n) is 20.8. The van der Waals surface area contributed by atoms with Gasteiger partial charge in [0.2, 0.25) is 11.7 Å². The largest absolute Gasteiger partial charge is 0.494 e. The van der Waals surface area contributed by atoms with Crippen LogP contribution in [-0.4, -0.2) is 139 Å². The number of carbonyl (C=O) groups is 2. The highest BCUT2D eigenvalue weighted by Crippen LogP contribution is 2.29. The van der Waals surface area contributed by atoms with Gasteiger partial charge in [-0.3, -0.25) is 9.59 Å². The fourth-order valence-electron chi connectivity index (χ4n) is 3.69. The number of aliphatic hydroxyl groups is 9. The van der Waals surface area contributed by atoms with Crippen molar-refractivity contribution in [1.82, 2.24) is 5.32 Å². The van der Waals surface area contributed by atoms with Crippen molar-refractivity contribution < 1.29 is 69.8 Å². The maximum absolute atomic E-state index is 12.1. The van der Waals surface area contributed by atoms with Crippen LogP contribution in [0.15, 0.2) is 18.2 Å². The van der Waals surface area contributed by atoms with Crippen molar-refractivity contribution in [1.29, 1.82) is 0 Å². The van der Waals surface area contributed by atoms with E-state index in [4.69, 9.17) is 19.9 Å². The van der Waals surface area contributed by atoms with Crippen molar-refractivity contribution in [3.05, 3.63) is 23.8 Å². The van der Waals surface area contributed by atoms with Gasteiger partial charge in [-0.2, -0.15) is 0 Å². The minimum absolute atomic E-state index is 0.0738. The van der Waals surface area contributed by atoms with Crippen molar-refractivity contribution >= 4 is 17.9 Å². The van der Waals surface area contributed by atoms with Gasteiger partial charge in [0.1, 0.15) is 48.5 Å². The number of rotatable bonds is 15. The molecular weight excluding hydrogens is 528 g/mol. The number of aldehydes is 1. The third-order valence-electron chi connectivity index (χ3n) is 6.10. The molecule has 16 nitrogen and oxygen atoms in total. The standard InChI is InChI=1S/C23H36N2O14/c24-13-6-12(4-3-11(13)8-26)37-5-1-2-17(31)25-7-14(29)21(35)23(36,16(30)10-28)39-22-20(34)19(33)18(32)15(9-27)38-22/h3-4,6,8,14-16,18-22,27-30,32-36H,1-2,5,7,9-10,24H2,(H,25,31)/t14?,15?,16?,18-,19-,20?,21+,22-,23+/m0/s1. The quantitative estimate of drug-likeness (QED) is 0.0411. The molecule has 2 rings (SSSR count). The van der Waals surface area contributed by atoms with Crippen LogP contribution in [0.1, 0.15) is 23.2 Å². The summed E-state index contributed by atoms with van der Waals surface area (Å²) in [7, 11) is 0. The lowest BCUT2D eigenvalue weighted by atomic mass is 9.96. The van der Waals surface area contributed by atoms with E-state index in [2.05, 4.69) is 5.32 Å². The molecule has 16 heteroatoms. The molecule has 1 amide bonds. The van der Waals surface area contributed by atoms with Crippen LogP contribution in [0.3, 0.4) is 0 Å². The minimum atomic E-state index is -3.21. The van der Waals surface area contributed by atoms with Gasteiger partial charge in [-0.25, -0.2) is 0 Å². The van der Waals surface area contributed by atoms with Crippen LogP contribution in [0.4, 0.5) is 5.69 Å². The number of carbonyl (C=O) groups excluding carboxylic acids is 2. The van der Waals surface area contributed by atoms with Gasteiger partial charge < -0.3 is 71.2 Å². The summed E-state index contributed by atoms with van der Waals surface area (Å²) in [6.07, 6.45) is -15.1. The number of nitrogens with two attached hydrogens (primary N) is 1. The van der Waals surface area contributed by atoms with Crippen LogP contribution in [0.2, 0.25) is 0 Å². The van der Waals surface area contributed by atoms with Gasteiger partial charge in [-0.15, -0.1) is 0 Å².